The Labute approximate surface area is 118 Å². The Hall–Kier alpha value is -1.67. The predicted octanol–water partition coefficient (Wildman–Crippen LogP) is 0.777. The molecule has 0 unspecified atom stereocenters. The molecule has 8 heteroatoms. The Morgan fingerprint density at radius 2 is 2.15 bits per heavy atom. The number of aryl methyl sites for hydroxylation is 2. The van der Waals surface area contributed by atoms with Crippen molar-refractivity contribution in [1.82, 2.24) is 24.3 Å². The van der Waals surface area contributed by atoms with Gasteiger partial charge in [0.05, 0.1) is 11.9 Å². The Morgan fingerprint density at radius 1 is 1.35 bits per heavy atom. The molecule has 20 heavy (non-hydrogen) atoms. The van der Waals surface area contributed by atoms with E-state index < -0.39 is 10.0 Å². The first-order chi connectivity index (χ1) is 9.54. The quantitative estimate of drug-likeness (QED) is 0.766. The number of aromatic nitrogens is 4. The molecule has 0 saturated carbocycles. The van der Waals surface area contributed by atoms with Gasteiger partial charge in [0, 0.05) is 32.0 Å². The van der Waals surface area contributed by atoms with E-state index >= 15 is 0 Å². The van der Waals surface area contributed by atoms with Crippen molar-refractivity contribution in [3.8, 4) is 0 Å². The third-order valence-corrected chi connectivity index (χ3v) is 4.63. The van der Waals surface area contributed by atoms with E-state index in [-0.39, 0.29) is 4.90 Å². The van der Waals surface area contributed by atoms with Crippen LogP contribution >= 0.6 is 0 Å². The van der Waals surface area contributed by atoms with Crippen LogP contribution in [0.4, 0.5) is 0 Å². The van der Waals surface area contributed by atoms with Gasteiger partial charge in [0.2, 0.25) is 10.0 Å². The van der Waals surface area contributed by atoms with E-state index in [1.54, 1.807) is 22.5 Å². The summed E-state index contributed by atoms with van der Waals surface area (Å²) in [5.41, 5.74) is 0.659. The second kappa shape index (κ2) is 6.19. The molecule has 0 aromatic carbocycles. The number of hydrogen-bond acceptors (Lipinski definition) is 4. The van der Waals surface area contributed by atoms with Crippen LogP contribution in [0, 0.1) is 6.92 Å². The largest absolute Gasteiger partial charge is 0.273 e. The average molecular weight is 297 g/mol. The fourth-order valence-corrected chi connectivity index (χ4v) is 3.22. The van der Waals surface area contributed by atoms with E-state index in [1.807, 2.05) is 19.2 Å². The van der Waals surface area contributed by atoms with Crippen LogP contribution in [-0.4, -0.2) is 34.5 Å². The van der Waals surface area contributed by atoms with Gasteiger partial charge in [0.15, 0.2) is 0 Å². The summed E-state index contributed by atoms with van der Waals surface area (Å²) >= 11 is 0. The summed E-state index contributed by atoms with van der Waals surface area (Å²) in [6.45, 7) is 5.39. The molecule has 0 spiro atoms. The van der Waals surface area contributed by atoms with Crippen molar-refractivity contribution in [1.29, 1.82) is 0 Å². The lowest BCUT2D eigenvalue weighted by molar-refractivity contribution is 0.552. The highest BCUT2D eigenvalue weighted by Gasteiger charge is 2.19. The highest BCUT2D eigenvalue weighted by atomic mass is 32.2. The van der Waals surface area contributed by atoms with E-state index in [0.29, 0.717) is 31.7 Å². The first-order valence-electron chi connectivity index (χ1n) is 6.54. The fourth-order valence-electron chi connectivity index (χ4n) is 1.97. The third kappa shape index (κ3) is 3.26. The van der Waals surface area contributed by atoms with Crippen LogP contribution in [0.1, 0.15) is 19.0 Å². The van der Waals surface area contributed by atoms with Crippen molar-refractivity contribution in [2.75, 3.05) is 6.54 Å². The molecule has 0 atom stereocenters. The SMILES string of the molecule is CCn1ncc(S(=O)(=O)NCCCn2cccn2)c1C. The van der Waals surface area contributed by atoms with E-state index in [2.05, 4.69) is 14.9 Å². The van der Waals surface area contributed by atoms with Crippen molar-refractivity contribution < 1.29 is 8.42 Å². The van der Waals surface area contributed by atoms with Crippen LogP contribution in [0.3, 0.4) is 0 Å². The van der Waals surface area contributed by atoms with Gasteiger partial charge in [0.25, 0.3) is 0 Å². The zero-order chi connectivity index (χ0) is 14.6. The molecule has 0 amide bonds. The third-order valence-electron chi connectivity index (χ3n) is 3.06. The van der Waals surface area contributed by atoms with Crippen LogP contribution in [-0.2, 0) is 23.1 Å². The van der Waals surface area contributed by atoms with Crippen LogP contribution < -0.4 is 4.72 Å². The smallest absolute Gasteiger partial charge is 0.243 e. The van der Waals surface area contributed by atoms with Crippen molar-refractivity contribution in [3.05, 3.63) is 30.4 Å². The van der Waals surface area contributed by atoms with Gasteiger partial charge in [0.1, 0.15) is 4.90 Å². The molecular formula is C12H19N5O2S. The summed E-state index contributed by atoms with van der Waals surface area (Å²) in [4.78, 5) is 0.249. The van der Waals surface area contributed by atoms with E-state index in [9.17, 15) is 8.42 Å². The van der Waals surface area contributed by atoms with Crippen LogP contribution in [0.15, 0.2) is 29.6 Å². The Bertz CT molecular complexity index is 645. The van der Waals surface area contributed by atoms with Gasteiger partial charge in [-0.05, 0) is 26.3 Å². The minimum Gasteiger partial charge on any atom is -0.273 e. The van der Waals surface area contributed by atoms with Crippen LogP contribution in [0.2, 0.25) is 0 Å². The number of sulfonamides is 1. The maximum atomic E-state index is 12.2. The second-order valence-electron chi connectivity index (χ2n) is 4.43. The lowest BCUT2D eigenvalue weighted by Gasteiger charge is -2.07. The van der Waals surface area contributed by atoms with E-state index in [1.165, 1.54) is 6.20 Å². The summed E-state index contributed by atoms with van der Waals surface area (Å²) < 4.78 is 30.3. The van der Waals surface area contributed by atoms with Gasteiger partial charge < -0.3 is 0 Å². The molecule has 0 radical (unpaired) electrons. The monoisotopic (exact) mass is 297 g/mol. The molecular weight excluding hydrogens is 278 g/mol. The van der Waals surface area contributed by atoms with Gasteiger partial charge in [-0.15, -0.1) is 0 Å². The molecule has 0 aliphatic rings. The van der Waals surface area contributed by atoms with Gasteiger partial charge >= 0.3 is 0 Å². The zero-order valence-electron chi connectivity index (χ0n) is 11.7. The van der Waals surface area contributed by atoms with Crippen molar-refractivity contribution in [3.63, 3.8) is 0 Å². The van der Waals surface area contributed by atoms with Crippen molar-refractivity contribution >= 4 is 10.0 Å². The van der Waals surface area contributed by atoms with E-state index in [0.717, 1.165) is 0 Å². The molecule has 0 saturated heterocycles. The van der Waals surface area contributed by atoms with Gasteiger partial charge in [-0.2, -0.15) is 10.2 Å². The molecule has 2 rings (SSSR count). The normalized spacial score (nSPS) is 11.9. The van der Waals surface area contributed by atoms with E-state index in [4.69, 9.17) is 0 Å². The summed E-state index contributed by atoms with van der Waals surface area (Å²) in [6, 6.07) is 1.84. The maximum Gasteiger partial charge on any atom is 0.243 e. The predicted molar refractivity (Wildman–Crippen MR) is 74.7 cm³/mol. The highest BCUT2D eigenvalue weighted by Crippen LogP contribution is 2.13. The minimum absolute atomic E-state index is 0.249. The number of nitrogens with zero attached hydrogens (tertiary/aromatic N) is 4. The lowest BCUT2D eigenvalue weighted by atomic mass is 10.4. The standard InChI is InChI=1S/C12H19N5O2S/c1-3-17-11(2)12(10-14-17)20(18,19)15-7-5-9-16-8-4-6-13-16/h4,6,8,10,15H,3,5,7,9H2,1-2H3. The second-order valence-corrected chi connectivity index (χ2v) is 6.17. The summed E-state index contributed by atoms with van der Waals surface area (Å²) in [5.74, 6) is 0. The minimum atomic E-state index is -3.48. The average Bonchev–Trinajstić information content (AvgIpc) is 3.04. The molecule has 2 aromatic rings. The Morgan fingerprint density at radius 3 is 2.75 bits per heavy atom. The lowest BCUT2D eigenvalue weighted by Crippen LogP contribution is -2.26. The molecule has 0 bridgehead atoms. The number of rotatable bonds is 7. The van der Waals surface area contributed by atoms with Crippen molar-refractivity contribution in [2.45, 2.75) is 38.3 Å². The molecule has 0 aliphatic heterocycles. The van der Waals surface area contributed by atoms with Gasteiger partial charge in [-0.25, -0.2) is 13.1 Å². The Balaban J connectivity index is 1.92. The molecule has 7 nitrogen and oxygen atoms in total. The highest BCUT2D eigenvalue weighted by molar-refractivity contribution is 7.89. The fraction of sp³-hybridized carbons (Fsp3) is 0.500. The molecule has 110 valence electrons. The van der Waals surface area contributed by atoms with Crippen LogP contribution in [0.25, 0.3) is 0 Å². The number of hydrogen-bond donors (Lipinski definition) is 1. The first-order valence-corrected chi connectivity index (χ1v) is 8.02. The zero-order valence-corrected chi connectivity index (χ0v) is 12.5. The summed E-state index contributed by atoms with van der Waals surface area (Å²) in [6.07, 6.45) is 5.63. The van der Waals surface area contributed by atoms with Gasteiger partial charge in [-0.3, -0.25) is 9.36 Å². The maximum absolute atomic E-state index is 12.2. The first kappa shape index (κ1) is 14.7. The molecule has 1 N–H and O–H groups in total. The van der Waals surface area contributed by atoms with Gasteiger partial charge in [-0.1, -0.05) is 0 Å². The molecule has 2 heterocycles. The molecule has 2 aromatic heterocycles. The topological polar surface area (TPSA) is 81.8 Å². The number of nitrogens with one attached hydrogen (secondary N) is 1. The van der Waals surface area contributed by atoms with Crippen LogP contribution in [0.5, 0.6) is 0 Å². The van der Waals surface area contributed by atoms with Crippen molar-refractivity contribution in [2.24, 2.45) is 0 Å². The molecule has 0 aliphatic carbocycles. The molecule has 0 fully saturated rings. The Kier molecular flexibility index (Phi) is 4.56. The summed E-state index contributed by atoms with van der Waals surface area (Å²) in [5, 5.41) is 8.12. The summed E-state index contributed by atoms with van der Waals surface area (Å²) in [7, 11) is -3.48.